The molecular formula is C14H15FN2O2. The van der Waals surface area contributed by atoms with E-state index >= 15 is 0 Å². The molecular weight excluding hydrogens is 247 g/mol. The predicted octanol–water partition coefficient (Wildman–Crippen LogP) is 2.55. The number of nitrogens with two attached hydrogens (primary N) is 1. The van der Waals surface area contributed by atoms with Gasteiger partial charge in [0.2, 0.25) is 0 Å². The van der Waals surface area contributed by atoms with Gasteiger partial charge in [-0.15, -0.1) is 0 Å². The number of rotatable bonds is 3. The van der Waals surface area contributed by atoms with E-state index in [1.807, 2.05) is 6.92 Å². The molecule has 0 aliphatic carbocycles. The number of nitrogens with one attached hydrogen (secondary N) is 1. The molecule has 0 radical (unpaired) electrons. The Kier molecular flexibility index (Phi) is 3.55. The van der Waals surface area contributed by atoms with Crippen LogP contribution in [0.15, 0.2) is 28.7 Å². The van der Waals surface area contributed by atoms with Crippen molar-refractivity contribution in [2.45, 2.75) is 20.4 Å². The van der Waals surface area contributed by atoms with Crippen molar-refractivity contribution in [3.63, 3.8) is 0 Å². The number of nitrogen functional groups attached to an aromatic ring is 1. The van der Waals surface area contributed by atoms with E-state index in [1.54, 1.807) is 19.1 Å². The fourth-order valence-electron chi connectivity index (χ4n) is 1.81. The molecule has 0 saturated carbocycles. The molecule has 0 aliphatic heterocycles. The molecule has 1 amide bonds. The van der Waals surface area contributed by atoms with Crippen LogP contribution < -0.4 is 11.1 Å². The van der Waals surface area contributed by atoms with Crippen molar-refractivity contribution in [1.82, 2.24) is 5.32 Å². The highest BCUT2D eigenvalue weighted by Gasteiger charge is 2.14. The standard InChI is InChI=1S/C14H15FN2O2/c1-8-5-10(16)6-12(13(8)15)14(18)17-7-11-4-3-9(2)19-11/h3-6H,7,16H2,1-2H3,(H,17,18). The quantitative estimate of drug-likeness (QED) is 0.835. The Hall–Kier alpha value is -2.30. The zero-order valence-electron chi connectivity index (χ0n) is 10.8. The monoisotopic (exact) mass is 262 g/mol. The molecule has 0 fully saturated rings. The van der Waals surface area contributed by atoms with E-state index in [2.05, 4.69) is 5.32 Å². The number of hydrogen-bond donors (Lipinski definition) is 2. The zero-order chi connectivity index (χ0) is 14.0. The van der Waals surface area contributed by atoms with Gasteiger partial charge in [-0.05, 0) is 43.7 Å². The number of benzene rings is 1. The number of hydrogen-bond acceptors (Lipinski definition) is 3. The van der Waals surface area contributed by atoms with Gasteiger partial charge in [-0.3, -0.25) is 4.79 Å². The fourth-order valence-corrected chi connectivity index (χ4v) is 1.81. The summed E-state index contributed by atoms with van der Waals surface area (Å²) < 4.78 is 19.1. The highest BCUT2D eigenvalue weighted by Crippen LogP contribution is 2.17. The number of carbonyl (C=O) groups excluding carboxylic acids is 1. The molecule has 4 nitrogen and oxygen atoms in total. The summed E-state index contributed by atoms with van der Waals surface area (Å²) in [7, 11) is 0. The van der Waals surface area contributed by atoms with Crippen molar-refractivity contribution in [3.05, 3.63) is 52.7 Å². The third kappa shape index (κ3) is 2.93. The van der Waals surface area contributed by atoms with E-state index in [-0.39, 0.29) is 12.1 Å². The average molecular weight is 262 g/mol. The number of carbonyl (C=O) groups is 1. The Morgan fingerprint density at radius 3 is 2.74 bits per heavy atom. The molecule has 0 saturated heterocycles. The van der Waals surface area contributed by atoms with Crippen LogP contribution in [0.1, 0.15) is 27.4 Å². The second-order valence-electron chi connectivity index (χ2n) is 4.39. The van der Waals surface area contributed by atoms with E-state index in [1.165, 1.54) is 12.1 Å². The molecule has 3 N–H and O–H groups in total. The summed E-state index contributed by atoms with van der Waals surface area (Å²) >= 11 is 0. The zero-order valence-corrected chi connectivity index (χ0v) is 10.8. The second kappa shape index (κ2) is 5.14. The SMILES string of the molecule is Cc1ccc(CNC(=O)c2cc(N)cc(C)c2F)o1. The molecule has 0 aliphatic rings. The first-order valence-corrected chi connectivity index (χ1v) is 5.86. The molecule has 0 bridgehead atoms. The summed E-state index contributed by atoms with van der Waals surface area (Å²) in [6.07, 6.45) is 0. The molecule has 19 heavy (non-hydrogen) atoms. The van der Waals surface area contributed by atoms with Crippen molar-refractivity contribution < 1.29 is 13.6 Å². The minimum Gasteiger partial charge on any atom is -0.465 e. The van der Waals surface area contributed by atoms with E-state index in [4.69, 9.17) is 10.2 Å². The minimum absolute atomic E-state index is 0.0548. The summed E-state index contributed by atoms with van der Waals surface area (Å²) in [5, 5.41) is 2.60. The first-order chi connectivity index (χ1) is 8.97. The van der Waals surface area contributed by atoms with Gasteiger partial charge in [0.15, 0.2) is 0 Å². The Morgan fingerprint density at radius 1 is 1.37 bits per heavy atom. The molecule has 0 atom stereocenters. The average Bonchev–Trinajstić information content (AvgIpc) is 2.76. The predicted molar refractivity (Wildman–Crippen MR) is 70.2 cm³/mol. The third-order valence-corrected chi connectivity index (χ3v) is 2.74. The Balaban J connectivity index is 2.12. The molecule has 1 heterocycles. The normalized spacial score (nSPS) is 10.5. The van der Waals surface area contributed by atoms with E-state index in [9.17, 15) is 9.18 Å². The largest absolute Gasteiger partial charge is 0.465 e. The maximum atomic E-state index is 13.8. The van der Waals surface area contributed by atoms with Gasteiger partial charge in [0.05, 0.1) is 12.1 Å². The van der Waals surface area contributed by atoms with Gasteiger partial charge in [0.1, 0.15) is 17.3 Å². The Labute approximate surface area is 110 Å². The lowest BCUT2D eigenvalue weighted by molar-refractivity contribution is 0.0943. The number of aryl methyl sites for hydroxylation is 2. The van der Waals surface area contributed by atoms with Crippen molar-refractivity contribution >= 4 is 11.6 Å². The molecule has 2 rings (SSSR count). The number of halogens is 1. The molecule has 5 heteroatoms. The first kappa shape index (κ1) is 13.1. The summed E-state index contributed by atoms with van der Waals surface area (Å²) in [6.45, 7) is 3.59. The summed E-state index contributed by atoms with van der Waals surface area (Å²) in [4.78, 5) is 11.9. The maximum absolute atomic E-state index is 13.8. The van der Waals surface area contributed by atoms with Gasteiger partial charge in [0, 0.05) is 5.69 Å². The molecule has 2 aromatic rings. The van der Waals surface area contributed by atoms with E-state index in [0.717, 1.165) is 5.76 Å². The van der Waals surface area contributed by atoms with Gasteiger partial charge in [-0.25, -0.2) is 4.39 Å². The van der Waals surface area contributed by atoms with Gasteiger partial charge in [-0.1, -0.05) is 0 Å². The lowest BCUT2D eigenvalue weighted by Crippen LogP contribution is -2.24. The van der Waals surface area contributed by atoms with E-state index in [0.29, 0.717) is 17.0 Å². The number of amides is 1. The lowest BCUT2D eigenvalue weighted by atomic mass is 10.1. The molecule has 100 valence electrons. The Bertz CT molecular complexity index is 620. The van der Waals surface area contributed by atoms with Crippen LogP contribution in [0.25, 0.3) is 0 Å². The molecule has 0 unspecified atom stereocenters. The first-order valence-electron chi connectivity index (χ1n) is 5.86. The topological polar surface area (TPSA) is 68.3 Å². The third-order valence-electron chi connectivity index (χ3n) is 2.74. The molecule has 1 aromatic carbocycles. The van der Waals surface area contributed by atoms with Crippen LogP contribution in [0.4, 0.5) is 10.1 Å². The Morgan fingerprint density at radius 2 is 2.11 bits per heavy atom. The lowest BCUT2D eigenvalue weighted by Gasteiger charge is -2.07. The summed E-state index contributed by atoms with van der Waals surface area (Å²) in [6, 6.07) is 6.37. The minimum atomic E-state index is -0.553. The van der Waals surface area contributed by atoms with E-state index < -0.39 is 11.7 Å². The van der Waals surface area contributed by atoms with Gasteiger partial charge < -0.3 is 15.5 Å². The van der Waals surface area contributed by atoms with Crippen molar-refractivity contribution in [1.29, 1.82) is 0 Å². The van der Waals surface area contributed by atoms with Crippen LogP contribution >= 0.6 is 0 Å². The van der Waals surface area contributed by atoms with Gasteiger partial charge in [-0.2, -0.15) is 0 Å². The second-order valence-corrected chi connectivity index (χ2v) is 4.39. The highest BCUT2D eigenvalue weighted by molar-refractivity contribution is 5.95. The van der Waals surface area contributed by atoms with Crippen molar-refractivity contribution in [3.8, 4) is 0 Å². The van der Waals surface area contributed by atoms with Crippen LogP contribution in [0.2, 0.25) is 0 Å². The van der Waals surface area contributed by atoms with Crippen LogP contribution in [-0.4, -0.2) is 5.91 Å². The maximum Gasteiger partial charge on any atom is 0.254 e. The number of anilines is 1. The van der Waals surface area contributed by atoms with Crippen LogP contribution in [0.5, 0.6) is 0 Å². The number of furan rings is 1. The van der Waals surface area contributed by atoms with Crippen LogP contribution in [-0.2, 0) is 6.54 Å². The van der Waals surface area contributed by atoms with Gasteiger partial charge in [0.25, 0.3) is 5.91 Å². The van der Waals surface area contributed by atoms with Crippen molar-refractivity contribution in [2.24, 2.45) is 0 Å². The summed E-state index contributed by atoms with van der Waals surface area (Å²) in [5.41, 5.74) is 6.26. The smallest absolute Gasteiger partial charge is 0.254 e. The summed E-state index contributed by atoms with van der Waals surface area (Å²) in [5.74, 6) is 0.311. The molecule has 0 spiro atoms. The molecule has 1 aromatic heterocycles. The highest BCUT2D eigenvalue weighted by atomic mass is 19.1. The van der Waals surface area contributed by atoms with Crippen LogP contribution in [0, 0.1) is 19.7 Å². The van der Waals surface area contributed by atoms with Crippen LogP contribution in [0.3, 0.4) is 0 Å². The van der Waals surface area contributed by atoms with Gasteiger partial charge >= 0.3 is 0 Å². The fraction of sp³-hybridized carbons (Fsp3) is 0.214. The van der Waals surface area contributed by atoms with Crippen molar-refractivity contribution in [2.75, 3.05) is 5.73 Å².